The van der Waals surface area contributed by atoms with Crippen molar-refractivity contribution in [2.45, 2.75) is 77.8 Å². The largest absolute Gasteiger partial charge is 0.352 e. The molecule has 1 aliphatic rings. The summed E-state index contributed by atoms with van der Waals surface area (Å²) in [6.07, 6.45) is 8.29. The first-order chi connectivity index (χ1) is 14.6. The lowest BCUT2D eigenvalue weighted by Crippen LogP contribution is -2.29. The number of amides is 1. The average Bonchev–Trinajstić information content (AvgIpc) is 3.20. The zero-order valence-corrected chi connectivity index (χ0v) is 19.0. The van der Waals surface area contributed by atoms with E-state index in [2.05, 4.69) is 67.4 Å². The van der Waals surface area contributed by atoms with Crippen LogP contribution < -0.4 is 5.32 Å². The second kappa shape index (κ2) is 11.3. The van der Waals surface area contributed by atoms with Crippen LogP contribution >= 0.6 is 0 Å². The first kappa shape index (κ1) is 22.6. The molecule has 0 aliphatic carbocycles. The second-order valence-corrected chi connectivity index (χ2v) is 8.81. The summed E-state index contributed by atoms with van der Waals surface area (Å²) >= 11 is 0. The fraction of sp³-hybridized carbons (Fsp3) is 0.519. The summed E-state index contributed by atoms with van der Waals surface area (Å²) in [5.41, 5.74) is 4.72. The molecule has 0 saturated carbocycles. The van der Waals surface area contributed by atoms with Crippen LogP contribution in [0.2, 0.25) is 0 Å². The third-order valence-electron chi connectivity index (χ3n) is 6.55. The van der Waals surface area contributed by atoms with Gasteiger partial charge >= 0.3 is 0 Å². The number of likely N-dealkylation sites (tertiary alicyclic amines) is 1. The Labute approximate surface area is 182 Å². The second-order valence-electron chi connectivity index (χ2n) is 8.81. The molecule has 0 bridgehead atoms. The maximum absolute atomic E-state index is 12.4. The molecule has 162 valence electrons. The molecule has 1 amide bonds. The van der Waals surface area contributed by atoms with Crippen LogP contribution in [0.4, 0.5) is 0 Å². The smallest absolute Gasteiger partial charge is 0.251 e. The van der Waals surface area contributed by atoms with E-state index in [0.29, 0.717) is 18.6 Å². The van der Waals surface area contributed by atoms with Gasteiger partial charge in [-0.05, 0) is 81.3 Å². The van der Waals surface area contributed by atoms with Crippen molar-refractivity contribution in [3.8, 4) is 0 Å². The predicted molar refractivity (Wildman–Crippen MR) is 126 cm³/mol. The quantitative estimate of drug-likeness (QED) is 0.495. The van der Waals surface area contributed by atoms with Gasteiger partial charge in [-0.2, -0.15) is 0 Å². The van der Waals surface area contributed by atoms with Gasteiger partial charge in [0.25, 0.3) is 5.91 Å². The van der Waals surface area contributed by atoms with E-state index in [1.165, 1.54) is 55.3 Å². The van der Waals surface area contributed by atoms with Gasteiger partial charge in [0.15, 0.2) is 0 Å². The molecule has 0 spiro atoms. The molecule has 0 aromatic heterocycles. The van der Waals surface area contributed by atoms with Gasteiger partial charge in [-0.1, -0.05) is 56.2 Å². The van der Waals surface area contributed by atoms with Crippen molar-refractivity contribution < 1.29 is 4.79 Å². The fourth-order valence-corrected chi connectivity index (χ4v) is 4.51. The first-order valence-electron chi connectivity index (χ1n) is 11.8. The van der Waals surface area contributed by atoms with Crippen molar-refractivity contribution in [1.29, 1.82) is 0 Å². The molecule has 2 atom stereocenters. The maximum Gasteiger partial charge on any atom is 0.251 e. The molecule has 3 heteroatoms. The van der Waals surface area contributed by atoms with Gasteiger partial charge in [0.05, 0.1) is 0 Å². The monoisotopic (exact) mass is 406 g/mol. The normalized spacial score (nSPS) is 17.8. The zero-order chi connectivity index (χ0) is 21.3. The summed E-state index contributed by atoms with van der Waals surface area (Å²) in [6, 6.07) is 18.2. The highest BCUT2D eigenvalue weighted by Gasteiger charge is 2.25. The molecule has 1 aliphatic heterocycles. The van der Waals surface area contributed by atoms with Crippen LogP contribution in [-0.4, -0.2) is 29.9 Å². The van der Waals surface area contributed by atoms with Crippen LogP contribution in [0.1, 0.15) is 86.0 Å². The molecular formula is C27H38N2O. The van der Waals surface area contributed by atoms with Crippen LogP contribution in [0.15, 0.2) is 48.5 Å². The minimum absolute atomic E-state index is 0.0170. The van der Waals surface area contributed by atoms with Crippen LogP contribution in [0.5, 0.6) is 0 Å². The van der Waals surface area contributed by atoms with Gasteiger partial charge in [-0.25, -0.2) is 0 Å². The van der Waals surface area contributed by atoms with Crippen molar-refractivity contribution in [2.24, 2.45) is 0 Å². The third-order valence-corrected chi connectivity index (χ3v) is 6.55. The Bertz CT molecular complexity index is 782. The summed E-state index contributed by atoms with van der Waals surface area (Å²) in [7, 11) is 0. The number of rotatable bonds is 10. The third kappa shape index (κ3) is 6.18. The Balaban J connectivity index is 1.44. The Morgan fingerprint density at radius 3 is 2.33 bits per heavy atom. The van der Waals surface area contributed by atoms with Gasteiger partial charge in [0.2, 0.25) is 0 Å². The maximum atomic E-state index is 12.4. The number of hydrogen-bond donors (Lipinski definition) is 1. The summed E-state index contributed by atoms with van der Waals surface area (Å²) < 4.78 is 0. The molecular weight excluding hydrogens is 368 g/mol. The first-order valence-corrected chi connectivity index (χ1v) is 11.8. The molecule has 1 N–H and O–H groups in total. The van der Waals surface area contributed by atoms with E-state index in [1.54, 1.807) is 0 Å². The van der Waals surface area contributed by atoms with Gasteiger partial charge < -0.3 is 5.32 Å². The summed E-state index contributed by atoms with van der Waals surface area (Å²) in [4.78, 5) is 15.0. The van der Waals surface area contributed by atoms with E-state index in [1.807, 2.05) is 12.1 Å². The molecule has 2 aromatic carbocycles. The van der Waals surface area contributed by atoms with E-state index in [9.17, 15) is 4.79 Å². The van der Waals surface area contributed by atoms with Crippen molar-refractivity contribution in [3.05, 3.63) is 70.8 Å². The lowest BCUT2D eigenvalue weighted by atomic mass is 10.0. The van der Waals surface area contributed by atoms with E-state index in [0.717, 1.165) is 18.4 Å². The van der Waals surface area contributed by atoms with Crippen LogP contribution in [0.25, 0.3) is 0 Å². The van der Waals surface area contributed by atoms with E-state index in [-0.39, 0.29) is 5.91 Å². The molecule has 2 unspecified atom stereocenters. The molecule has 1 fully saturated rings. The molecule has 3 nitrogen and oxygen atoms in total. The Hall–Kier alpha value is -2.13. The number of benzene rings is 2. The van der Waals surface area contributed by atoms with E-state index in [4.69, 9.17) is 0 Å². The Morgan fingerprint density at radius 2 is 1.70 bits per heavy atom. The number of carbonyl (C=O) groups is 1. The van der Waals surface area contributed by atoms with E-state index < -0.39 is 0 Å². The summed E-state index contributed by atoms with van der Waals surface area (Å²) in [5, 5.41) is 3.06. The highest BCUT2D eigenvalue weighted by molar-refractivity contribution is 5.94. The topological polar surface area (TPSA) is 32.3 Å². The Kier molecular flexibility index (Phi) is 8.50. The van der Waals surface area contributed by atoms with Crippen molar-refractivity contribution in [2.75, 3.05) is 13.1 Å². The Morgan fingerprint density at radius 1 is 1.03 bits per heavy atom. The van der Waals surface area contributed by atoms with Gasteiger partial charge in [-0.3, -0.25) is 9.69 Å². The van der Waals surface area contributed by atoms with Crippen LogP contribution in [0, 0.1) is 0 Å². The van der Waals surface area contributed by atoms with Crippen molar-refractivity contribution in [1.82, 2.24) is 10.2 Å². The molecule has 2 aromatic rings. The average molecular weight is 407 g/mol. The van der Waals surface area contributed by atoms with Crippen molar-refractivity contribution in [3.63, 3.8) is 0 Å². The number of carbonyl (C=O) groups excluding carboxylic acids is 1. The molecule has 30 heavy (non-hydrogen) atoms. The highest BCUT2D eigenvalue weighted by Crippen LogP contribution is 2.28. The standard InChI is InChI=1S/C27H38N2O/c1-4-5-6-9-23-12-16-26(17-13-23)27(30)28-19-18-24-10-14-25(15-11-24)22(3)29-20-7-8-21(29)2/h10-17,21-22H,4-9,18-20H2,1-3H3,(H,28,30). The van der Waals surface area contributed by atoms with Crippen molar-refractivity contribution >= 4 is 5.91 Å². The fourth-order valence-electron chi connectivity index (χ4n) is 4.51. The molecule has 3 rings (SSSR count). The summed E-state index contributed by atoms with van der Waals surface area (Å²) in [5.74, 6) is 0.0170. The number of aryl methyl sites for hydroxylation is 1. The summed E-state index contributed by atoms with van der Waals surface area (Å²) in [6.45, 7) is 8.73. The van der Waals surface area contributed by atoms with Crippen LogP contribution in [-0.2, 0) is 12.8 Å². The van der Waals surface area contributed by atoms with Gasteiger partial charge in [0, 0.05) is 24.2 Å². The molecule has 1 heterocycles. The lowest BCUT2D eigenvalue weighted by Gasteiger charge is -2.29. The van der Waals surface area contributed by atoms with Gasteiger partial charge in [-0.15, -0.1) is 0 Å². The molecule has 0 radical (unpaired) electrons. The van der Waals surface area contributed by atoms with Crippen LogP contribution in [0.3, 0.4) is 0 Å². The van der Waals surface area contributed by atoms with E-state index >= 15 is 0 Å². The highest BCUT2D eigenvalue weighted by atomic mass is 16.1. The number of nitrogens with zero attached hydrogens (tertiary/aromatic N) is 1. The zero-order valence-electron chi connectivity index (χ0n) is 19.0. The SMILES string of the molecule is CCCCCc1ccc(C(=O)NCCc2ccc(C(C)N3CCCC3C)cc2)cc1. The predicted octanol–water partition coefficient (Wildman–Crippen LogP) is 5.94. The minimum Gasteiger partial charge on any atom is -0.352 e. The minimum atomic E-state index is 0.0170. The number of unbranched alkanes of at least 4 members (excludes halogenated alkanes) is 2. The number of hydrogen-bond acceptors (Lipinski definition) is 2. The lowest BCUT2D eigenvalue weighted by molar-refractivity contribution is 0.0954. The number of nitrogens with one attached hydrogen (secondary N) is 1. The van der Waals surface area contributed by atoms with Gasteiger partial charge in [0.1, 0.15) is 0 Å². The molecule has 1 saturated heterocycles.